The van der Waals surface area contributed by atoms with Gasteiger partial charge in [0.15, 0.2) is 6.10 Å². The van der Waals surface area contributed by atoms with Crippen LogP contribution in [0, 0.1) is 11.7 Å². The number of amides is 2. The minimum Gasteiger partial charge on any atom is -0.481 e. The smallest absolute Gasteiger partial charge is 0.263 e. The van der Waals surface area contributed by atoms with Crippen LogP contribution in [-0.2, 0) is 20.7 Å². The lowest BCUT2D eigenvalue weighted by atomic mass is 9.87. The number of hydrogen-bond donors (Lipinski definition) is 0. The van der Waals surface area contributed by atoms with Crippen LogP contribution in [0.3, 0.4) is 0 Å². The van der Waals surface area contributed by atoms with E-state index in [0.29, 0.717) is 32.0 Å². The molecule has 2 amide bonds. The Morgan fingerprint density at radius 3 is 2.43 bits per heavy atom. The van der Waals surface area contributed by atoms with Gasteiger partial charge in [-0.15, -0.1) is 0 Å². The Balaban J connectivity index is 1.32. The molecule has 7 nitrogen and oxygen atoms in total. The van der Waals surface area contributed by atoms with Crippen molar-refractivity contribution in [2.75, 3.05) is 53.0 Å². The number of rotatable bonds is 8. The van der Waals surface area contributed by atoms with E-state index in [4.69, 9.17) is 9.47 Å². The Morgan fingerprint density at radius 1 is 1.03 bits per heavy atom. The fraction of sp³-hybridized carbons (Fsp3) is 0.517. The van der Waals surface area contributed by atoms with Crippen molar-refractivity contribution in [1.29, 1.82) is 0 Å². The Bertz CT molecular complexity index is 1110. The number of benzene rings is 2. The molecule has 1 saturated heterocycles. The van der Waals surface area contributed by atoms with Crippen molar-refractivity contribution >= 4 is 11.8 Å². The van der Waals surface area contributed by atoms with E-state index in [0.717, 1.165) is 55.6 Å². The lowest BCUT2D eigenvalue weighted by Gasteiger charge is -2.38. The number of carbonyl (C=O) groups is 2. The SMILES string of the molecule is COCCN1CCN(C(=O)C(C)Oc2ccc3c(c2)C(c2ccc(F)cc2)N(C(=O)C2CC2)CC3)CC1. The largest absolute Gasteiger partial charge is 0.481 e. The fourth-order valence-corrected chi connectivity index (χ4v) is 5.40. The topological polar surface area (TPSA) is 62.3 Å². The maximum Gasteiger partial charge on any atom is 0.263 e. The predicted molar refractivity (Wildman–Crippen MR) is 138 cm³/mol. The number of methoxy groups -OCH3 is 1. The molecule has 8 heteroatoms. The highest BCUT2D eigenvalue weighted by molar-refractivity contribution is 5.82. The molecule has 0 radical (unpaired) electrons. The van der Waals surface area contributed by atoms with Crippen LogP contribution in [0.4, 0.5) is 4.39 Å². The summed E-state index contributed by atoms with van der Waals surface area (Å²) in [6.45, 7) is 6.98. The molecule has 198 valence electrons. The van der Waals surface area contributed by atoms with E-state index >= 15 is 0 Å². The summed E-state index contributed by atoms with van der Waals surface area (Å²) in [4.78, 5) is 32.4. The average Bonchev–Trinajstić information content (AvgIpc) is 3.77. The van der Waals surface area contributed by atoms with Crippen LogP contribution in [0.1, 0.15) is 42.5 Å². The summed E-state index contributed by atoms with van der Waals surface area (Å²) in [6, 6.07) is 12.0. The van der Waals surface area contributed by atoms with E-state index in [1.807, 2.05) is 28.0 Å². The van der Waals surface area contributed by atoms with Gasteiger partial charge in [-0.05, 0) is 67.1 Å². The Morgan fingerprint density at radius 2 is 1.76 bits per heavy atom. The van der Waals surface area contributed by atoms with Gasteiger partial charge in [-0.2, -0.15) is 0 Å². The molecule has 2 aromatic rings. The predicted octanol–water partition coefficient (Wildman–Crippen LogP) is 3.27. The first-order chi connectivity index (χ1) is 17.9. The number of nitrogens with zero attached hydrogens (tertiary/aromatic N) is 3. The van der Waals surface area contributed by atoms with Gasteiger partial charge in [0.1, 0.15) is 11.6 Å². The van der Waals surface area contributed by atoms with E-state index in [1.54, 1.807) is 26.2 Å². The number of carbonyl (C=O) groups excluding carboxylic acids is 2. The summed E-state index contributed by atoms with van der Waals surface area (Å²) in [5.41, 5.74) is 3.01. The highest BCUT2D eigenvalue weighted by Crippen LogP contribution is 2.41. The average molecular weight is 510 g/mol. The zero-order chi connectivity index (χ0) is 25.9. The molecule has 2 aliphatic heterocycles. The number of halogens is 1. The molecule has 0 aromatic heterocycles. The van der Waals surface area contributed by atoms with Gasteiger partial charge in [0.05, 0.1) is 12.6 Å². The monoisotopic (exact) mass is 509 g/mol. The van der Waals surface area contributed by atoms with E-state index in [-0.39, 0.29) is 29.6 Å². The maximum absolute atomic E-state index is 13.7. The normalized spacial score (nSPS) is 20.9. The first-order valence-corrected chi connectivity index (χ1v) is 13.3. The molecule has 37 heavy (non-hydrogen) atoms. The molecule has 0 bridgehead atoms. The van der Waals surface area contributed by atoms with Gasteiger partial charge in [-0.3, -0.25) is 14.5 Å². The third kappa shape index (κ3) is 5.80. The summed E-state index contributed by atoms with van der Waals surface area (Å²) < 4.78 is 25.0. The minimum atomic E-state index is -0.624. The fourth-order valence-electron chi connectivity index (χ4n) is 5.40. The molecular weight excluding hydrogens is 473 g/mol. The lowest BCUT2D eigenvalue weighted by molar-refractivity contribution is -0.139. The van der Waals surface area contributed by atoms with Crippen molar-refractivity contribution < 1.29 is 23.5 Å². The van der Waals surface area contributed by atoms with Crippen LogP contribution >= 0.6 is 0 Å². The zero-order valence-corrected chi connectivity index (χ0v) is 21.7. The van der Waals surface area contributed by atoms with Crippen LogP contribution in [0.2, 0.25) is 0 Å². The summed E-state index contributed by atoms with van der Waals surface area (Å²) in [5, 5.41) is 0. The van der Waals surface area contributed by atoms with Crippen LogP contribution in [0.15, 0.2) is 42.5 Å². The van der Waals surface area contributed by atoms with E-state index in [1.165, 1.54) is 12.1 Å². The highest BCUT2D eigenvalue weighted by Gasteiger charge is 2.39. The summed E-state index contributed by atoms with van der Waals surface area (Å²) in [5.74, 6) is 0.538. The standard InChI is InChI=1S/C29H36FN3O4/c1-20(28(34)32-15-13-31(14-16-32)17-18-36-2)37-25-10-7-21-11-12-33(29(35)23-3-4-23)27(26(21)19-25)22-5-8-24(30)9-6-22/h5-10,19-20,23,27H,3-4,11-18H2,1-2H3. The van der Waals surface area contributed by atoms with E-state index in [2.05, 4.69) is 4.90 Å². The van der Waals surface area contributed by atoms with Gasteiger partial charge in [0.25, 0.3) is 5.91 Å². The van der Waals surface area contributed by atoms with Crippen LogP contribution in [-0.4, -0.2) is 85.6 Å². The second-order valence-corrected chi connectivity index (χ2v) is 10.3. The third-order valence-electron chi connectivity index (χ3n) is 7.70. The number of fused-ring (bicyclic) bond motifs is 1. The summed E-state index contributed by atoms with van der Waals surface area (Å²) in [7, 11) is 1.70. The molecule has 0 spiro atoms. The van der Waals surface area contributed by atoms with Gasteiger partial charge in [-0.1, -0.05) is 18.2 Å². The van der Waals surface area contributed by atoms with Gasteiger partial charge < -0.3 is 19.3 Å². The molecule has 0 N–H and O–H groups in total. The molecule has 2 heterocycles. The number of ether oxygens (including phenoxy) is 2. The van der Waals surface area contributed by atoms with Crippen molar-refractivity contribution in [3.05, 3.63) is 65.0 Å². The van der Waals surface area contributed by atoms with Gasteiger partial charge in [0.2, 0.25) is 5.91 Å². The summed E-state index contributed by atoms with van der Waals surface area (Å²) in [6.07, 6.45) is 2.00. The molecule has 2 fully saturated rings. The molecule has 5 rings (SSSR count). The van der Waals surface area contributed by atoms with Crippen molar-refractivity contribution in [1.82, 2.24) is 14.7 Å². The van der Waals surface area contributed by atoms with Gasteiger partial charge in [0, 0.05) is 52.3 Å². The zero-order valence-electron chi connectivity index (χ0n) is 21.7. The number of piperazine rings is 1. The Labute approximate surface area is 218 Å². The van der Waals surface area contributed by atoms with Crippen LogP contribution < -0.4 is 4.74 Å². The molecule has 3 aliphatic rings. The van der Waals surface area contributed by atoms with Crippen molar-refractivity contribution in [3.8, 4) is 5.75 Å². The number of hydrogen-bond acceptors (Lipinski definition) is 5. The molecule has 1 saturated carbocycles. The first-order valence-electron chi connectivity index (χ1n) is 13.3. The van der Waals surface area contributed by atoms with Crippen molar-refractivity contribution in [2.24, 2.45) is 5.92 Å². The first kappa shape index (κ1) is 25.7. The quantitative estimate of drug-likeness (QED) is 0.547. The molecular formula is C29H36FN3O4. The van der Waals surface area contributed by atoms with Gasteiger partial charge in [-0.25, -0.2) is 4.39 Å². The molecule has 2 atom stereocenters. The van der Waals surface area contributed by atoms with Crippen molar-refractivity contribution in [3.63, 3.8) is 0 Å². The second kappa shape index (κ2) is 11.2. The maximum atomic E-state index is 13.7. The third-order valence-corrected chi connectivity index (χ3v) is 7.70. The lowest BCUT2D eigenvalue weighted by Crippen LogP contribution is -2.52. The van der Waals surface area contributed by atoms with Crippen LogP contribution in [0.25, 0.3) is 0 Å². The second-order valence-electron chi connectivity index (χ2n) is 10.3. The Hall–Kier alpha value is -2.97. The summed E-state index contributed by atoms with van der Waals surface area (Å²) >= 11 is 0. The van der Waals surface area contributed by atoms with E-state index in [9.17, 15) is 14.0 Å². The molecule has 1 aliphatic carbocycles. The van der Waals surface area contributed by atoms with Crippen LogP contribution in [0.5, 0.6) is 5.75 Å². The van der Waals surface area contributed by atoms with Crippen molar-refractivity contribution in [2.45, 2.75) is 38.3 Å². The highest BCUT2D eigenvalue weighted by atomic mass is 19.1. The minimum absolute atomic E-state index is 0.0234. The molecule has 2 aromatic carbocycles. The van der Waals surface area contributed by atoms with E-state index < -0.39 is 6.10 Å². The molecule has 2 unspecified atom stereocenters. The van der Waals surface area contributed by atoms with Gasteiger partial charge >= 0.3 is 0 Å². The Kier molecular flexibility index (Phi) is 7.76.